The predicted octanol–water partition coefficient (Wildman–Crippen LogP) is 1.84. The minimum atomic E-state index is -2.77. The Bertz CT molecular complexity index is 346. The van der Waals surface area contributed by atoms with Crippen molar-refractivity contribution in [3.63, 3.8) is 0 Å². The van der Waals surface area contributed by atoms with Gasteiger partial charge in [-0.25, -0.2) is 4.79 Å². The Balaban J connectivity index is 3.23. The molecule has 5 heteroatoms. The van der Waals surface area contributed by atoms with Crippen molar-refractivity contribution >= 4 is 31.3 Å². The van der Waals surface area contributed by atoms with Crippen molar-refractivity contribution in [2.75, 3.05) is 0 Å². The second-order valence-electron chi connectivity index (χ2n) is 3.42. The minimum Gasteiger partial charge on any atom is -0.343 e. The first-order valence-corrected chi connectivity index (χ1v) is 7.31. The zero-order valence-corrected chi connectivity index (χ0v) is 9.67. The van der Waals surface area contributed by atoms with Gasteiger partial charge in [-0.1, -0.05) is 18.2 Å². The van der Waals surface area contributed by atoms with Gasteiger partial charge < -0.3 is 4.29 Å². The zero-order chi connectivity index (χ0) is 10.8. The van der Waals surface area contributed by atoms with Gasteiger partial charge in [0, 0.05) is 0 Å². The second-order valence-corrected chi connectivity index (χ2v) is 7.13. The molecule has 3 nitrogen and oxygen atoms in total. The fourth-order valence-electron chi connectivity index (χ4n) is 1.23. The first-order chi connectivity index (χ1) is 6.46. The summed E-state index contributed by atoms with van der Waals surface area (Å²) in [7, 11) is -2.77. The Labute approximate surface area is 88.6 Å². The number of hydrogen-bond donors (Lipinski definition) is 0. The van der Waals surface area contributed by atoms with E-state index < -0.39 is 14.3 Å². The van der Waals surface area contributed by atoms with Crippen LogP contribution in [0.2, 0.25) is 13.1 Å². The van der Waals surface area contributed by atoms with E-state index in [0.29, 0.717) is 5.19 Å². The summed E-state index contributed by atoms with van der Waals surface area (Å²) in [5.74, 6) is -0.668. The average molecular weight is 230 g/mol. The molecule has 1 rings (SSSR count). The van der Waals surface area contributed by atoms with Crippen LogP contribution >= 0.6 is 11.9 Å². The highest BCUT2D eigenvalue weighted by molar-refractivity contribution is 6.83. The number of rotatable bonds is 2. The van der Waals surface area contributed by atoms with E-state index in [0.717, 1.165) is 0 Å². The summed E-state index contributed by atoms with van der Waals surface area (Å²) in [6, 6.07) is 6.61. The molecule has 0 N–H and O–H groups in total. The molecule has 0 aliphatic rings. The van der Waals surface area contributed by atoms with E-state index in [9.17, 15) is 9.59 Å². The van der Waals surface area contributed by atoms with Gasteiger partial charge in [-0.05, 0) is 24.3 Å². The smallest absolute Gasteiger partial charge is 0.343 e. The van der Waals surface area contributed by atoms with Crippen LogP contribution in [0.15, 0.2) is 24.3 Å². The lowest BCUT2D eigenvalue weighted by Gasteiger charge is -2.14. The van der Waals surface area contributed by atoms with Gasteiger partial charge in [-0.3, -0.25) is 4.80 Å². The topological polar surface area (TPSA) is 46.2 Å². The molecular weight excluding hydrogens is 220 g/mol. The van der Waals surface area contributed by atoms with Crippen molar-refractivity contribution in [2.24, 2.45) is 0 Å². The molecule has 0 aliphatic heterocycles. The summed E-state index contributed by atoms with van der Waals surface area (Å²) in [4.78, 5) is 23.0. The molecule has 1 aromatic carbocycles. The highest BCUT2D eigenvalue weighted by Crippen LogP contribution is 2.07. The van der Waals surface area contributed by atoms with Gasteiger partial charge in [0.25, 0.3) is 8.32 Å². The van der Waals surface area contributed by atoms with Crippen molar-refractivity contribution < 1.29 is 13.9 Å². The average Bonchev–Trinajstić information content (AvgIpc) is 2.15. The van der Waals surface area contributed by atoms with E-state index in [4.69, 9.17) is 11.9 Å². The molecule has 0 aliphatic carbocycles. The molecule has 1 aromatic rings. The number of benzene rings is 1. The molecule has 75 valence electrons. The molecular formula is C9H10ClO3Si. The minimum absolute atomic E-state index is 0.272. The van der Waals surface area contributed by atoms with Crippen molar-refractivity contribution in [2.45, 2.75) is 13.1 Å². The molecule has 0 amide bonds. The van der Waals surface area contributed by atoms with Crippen LogP contribution in [0.5, 0.6) is 0 Å². The molecule has 0 unspecified atom stereocenters. The van der Waals surface area contributed by atoms with Crippen LogP contribution in [-0.4, -0.2) is 14.3 Å². The largest absolute Gasteiger partial charge is 0.356 e. The zero-order valence-electron chi connectivity index (χ0n) is 7.91. The molecule has 0 spiro atoms. The van der Waals surface area contributed by atoms with Crippen LogP contribution in [0.3, 0.4) is 0 Å². The summed E-state index contributed by atoms with van der Waals surface area (Å²) in [6.45, 7) is 3.24. The molecule has 0 saturated carbocycles. The van der Waals surface area contributed by atoms with Crippen molar-refractivity contribution in [3.05, 3.63) is 29.8 Å². The quantitative estimate of drug-likeness (QED) is 0.727. The lowest BCUT2D eigenvalue weighted by Crippen LogP contribution is -2.43. The summed E-state index contributed by atoms with van der Waals surface area (Å²) in [5.41, 5.74) is 0.272. The van der Waals surface area contributed by atoms with Crippen LogP contribution in [-0.2, 0) is 9.08 Å². The van der Waals surface area contributed by atoms with E-state index in [1.807, 2.05) is 0 Å². The Kier molecular flexibility index (Phi) is 3.31. The summed E-state index contributed by atoms with van der Waals surface area (Å²) >= 11 is 4.97. The van der Waals surface area contributed by atoms with Crippen molar-refractivity contribution in [1.29, 1.82) is 0 Å². The van der Waals surface area contributed by atoms with Gasteiger partial charge in [0.15, 0.2) is 0 Å². The summed E-state index contributed by atoms with van der Waals surface area (Å²) < 4.78 is 4.09. The normalized spacial score (nSPS) is 11.1. The molecule has 1 radical (unpaired) electrons. The van der Waals surface area contributed by atoms with Crippen molar-refractivity contribution in [3.8, 4) is 0 Å². The van der Waals surface area contributed by atoms with Gasteiger partial charge in [-0.15, -0.1) is 0 Å². The maximum Gasteiger partial charge on any atom is 0.356 e. The fraction of sp³-hybridized carbons (Fsp3) is 0.222. The van der Waals surface area contributed by atoms with Crippen LogP contribution in [0, 0.1) is 0 Å². The fourth-order valence-corrected chi connectivity index (χ4v) is 2.64. The molecule has 0 aromatic heterocycles. The second kappa shape index (κ2) is 4.12. The number of halogens is 1. The van der Waals surface area contributed by atoms with E-state index in [-0.39, 0.29) is 5.56 Å². The Morgan fingerprint density at radius 2 is 1.93 bits per heavy atom. The van der Waals surface area contributed by atoms with Gasteiger partial charge in [0.1, 0.15) is 11.9 Å². The van der Waals surface area contributed by atoms with E-state index in [2.05, 4.69) is 4.29 Å². The summed E-state index contributed by atoms with van der Waals surface area (Å²) in [5, 5.41) is 0.519. The predicted molar refractivity (Wildman–Crippen MR) is 55.5 cm³/mol. The Morgan fingerprint density at radius 1 is 1.36 bits per heavy atom. The van der Waals surface area contributed by atoms with Crippen molar-refractivity contribution in [1.82, 2.24) is 0 Å². The molecule has 0 fully saturated rings. The SMILES string of the molecule is C[Si](C)([O])c1ccccc1C(=O)OCl. The monoisotopic (exact) mass is 229 g/mol. The lowest BCUT2D eigenvalue weighted by molar-refractivity contribution is 0.0752. The highest BCUT2D eigenvalue weighted by atomic mass is 35.5. The Hall–Kier alpha value is -0.843. The van der Waals surface area contributed by atoms with Crippen LogP contribution in [0.1, 0.15) is 10.4 Å². The van der Waals surface area contributed by atoms with Gasteiger partial charge in [0.05, 0.1) is 5.56 Å². The molecule has 0 atom stereocenters. The summed E-state index contributed by atoms with van der Waals surface area (Å²) in [6.07, 6.45) is 0. The maximum atomic E-state index is 11.8. The lowest BCUT2D eigenvalue weighted by atomic mass is 10.2. The molecule has 0 bridgehead atoms. The molecule has 0 heterocycles. The van der Waals surface area contributed by atoms with Gasteiger partial charge >= 0.3 is 5.97 Å². The highest BCUT2D eigenvalue weighted by Gasteiger charge is 2.28. The van der Waals surface area contributed by atoms with Gasteiger partial charge in [0.2, 0.25) is 0 Å². The van der Waals surface area contributed by atoms with E-state index in [1.165, 1.54) is 0 Å². The standard InChI is InChI=1S/C9H10ClO3Si/c1-14(2,12)8-6-4-3-5-7(8)9(11)13-10/h3-6H,1-2H3. The third kappa shape index (κ3) is 2.34. The molecule has 0 saturated heterocycles. The third-order valence-electron chi connectivity index (χ3n) is 1.87. The molecule has 14 heavy (non-hydrogen) atoms. The number of carbonyl (C=O) groups is 1. The van der Waals surface area contributed by atoms with Crippen LogP contribution in [0.4, 0.5) is 0 Å². The first-order valence-electron chi connectivity index (χ1n) is 4.09. The first kappa shape index (κ1) is 11.2. The van der Waals surface area contributed by atoms with E-state index in [1.54, 1.807) is 37.4 Å². The van der Waals surface area contributed by atoms with Gasteiger partial charge in [-0.2, -0.15) is 0 Å². The third-order valence-corrected chi connectivity index (χ3v) is 3.74. The number of carbonyl (C=O) groups excluding carboxylic acids is 1. The maximum absolute atomic E-state index is 11.8. The Morgan fingerprint density at radius 3 is 2.43 bits per heavy atom. The van der Waals surface area contributed by atoms with Crippen LogP contribution < -0.4 is 5.19 Å². The van der Waals surface area contributed by atoms with Crippen LogP contribution in [0.25, 0.3) is 0 Å². The number of hydrogen-bond acceptors (Lipinski definition) is 2. The van der Waals surface area contributed by atoms with E-state index >= 15 is 0 Å².